The minimum atomic E-state index is 0.289. The summed E-state index contributed by atoms with van der Waals surface area (Å²) in [5.41, 5.74) is 1.24. The Morgan fingerprint density at radius 2 is 2.31 bits per heavy atom. The van der Waals surface area contributed by atoms with Gasteiger partial charge < -0.3 is 9.64 Å². The number of anilines is 1. The summed E-state index contributed by atoms with van der Waals surface area (Å²) >= 11 is 3.19. The molecule has 1 atom stereocenters. The number of nitrogens with zero attached hydrogens (tertiary/aromatic N) is 1. The van der Waals surface area contributed by atoms with E-state index in [1.807, 2.05) is 13.0 Å². The fourth-order valence-corrected chi connectivity index (χ4v) is 3.78. The van der Waals surface area contributed by atoms with E-state index in [9.17, 15) is 0 Å². The first-order valence-electron chi connectivity index (χ1n) is 5.35. The van der Waals surface area contributed by atoms with Crippen molar-refractivity contribution in [3.05, 3.63) is 18.2 Å². The fourth-order valence-electron chi connectivity index (χ4n) is 1.78. The van der Waals surface area contributed by atoms with Crippen molar-refractivity contribution in [3.63, 3.8) is 0 Å². The van der Waals surface area contributed by atoms with E-state index >= 15 is 0 Å². The van der Waals surface area contributed by atoms with Crippen molar-refractivity contribution in [2.75, 3.05) is 18.1 Å². The van der Waals surface area contributed by atoms with Crippen LogP contribution in [0.5, 0.6) is 5.75 Å². The van der Waals surface area contributed by atoms with E-state index in [1.54, 1.807) is 11.8 Å². The molecule has 0 aromatic heterocycles. The molecule has 0 amide bonds. The van der Waals surface area contributed by atoms with E-state index in [4.69, 9.17) is 9.88 Å². The van der Waals surface area contributed by atoms with E-state index in [-0.39, 0.29) is 4.71 Å². The van der Waals surface area contributed by atoms with Gasteiger partial charge in [0.1, 0.15) is 10.5 Å². The van der Waals surface area contributed by atoms with Gasteiger partial charge in [-0.05, 0) is 37.9 Å². The highest BCUT2D eigenvalue weighted by atomic mass is 32.2. The Hall–Kier alpha value is -0.520. The summed E-state index contributed by atoms with van der Waals surface area (Å²) in [5, 5.41) is 5.70. The number of thioether (sulfide) groups is 1. The van der Waals surface area contributed by atoms with E-state index < -0.39 is 0 Å². The number of hydrogen-bond donors (Lipinski definition) is 1. The number of rotatable bonds is 4. The Morgan fingerprint density at radius 1 is 1.50 bits per heavy atom. The lowest BCUT2D eigenvalue weighted by Crippen LogP contribution is -2.27. The van der Waals surface area contributed by atoms with Gasteiger partial charge in [0.05, 0.1) is 12.3 Å². The summed E-state index contributed by atoms with van der Waals surface area (Å²) in [4.78, 5) is 3.58. The molecule has 0 aliphatic carbocycles. The molecule has 0 fully saturated rings. The van der Waals surface area contributed by atoms with Gasteiger partial charge >= 0.3 is 0 Å². The van der Waals surface area contributed by atoms with Gasteiger partial charge in [-0.2, -0.15) is 0 Å². The van der Waals surface area contributed by atoms with E-state index in [2.05, 4.69) is 24.0 Å². The SMILES string of the molecule is CCOc1ccc2c(c1)N(CC)C(SN)S2. The van der Waals surface area contributed by atoms with E-state index in [1.165, 1.54) is 22.5 Å². The van der Waals surface area contributed by atoms with Crippen LogP contribution in [-0.4, -0.2) is 17.9 Å². The Morgan fingerprint density at radius 3 is 2.94 bits per heavy atom. The highest BCUT2D eigenvalue weighted by Gasteiger charge is 2.28. The summed E-state index contributed by atoms with van der Waals surface area (Å²) in [5.74, 6) is 0.933. The number of fused-ring (bicyclic) bond motifs is 1. The second-order valence-corrected chi connectivity index (χ2v) is 5.55. The lowest BCUT2D eigenvalue weighted by Gasteiger charge is -2.22. The predicted octanol–water partition coefficient (Wildman–Crippen LogP) is 2.91. The van der Waals surface area contributed by atoms with Gasteiger partial charge in [0.15, 0.2) is 0 Å². The molecule has 5 heteroatoms. The maximum Gasteiger partial charge on any atom is 0.140 e. The van der Waals surface area contributed by atoms with Crippen molar-refractivity contribution >= 4 is 29.4 Å². The molecule has 1 heterocycles. The quantitative estimate of drug-likeness (QED) is 0.839. The Balaban J connectivity index is 2.29. The van der Waals surface area contributed by atoms with Gasteiger partial charge in [-0.25, -0.2) is 0 Å². The molecular formula is C11H16N2OS2. The first kappa shape index (κ1) is 12.0. The van der Waals surface area contributed by atoms with Crippen LogP contribution in [0.3, 0.4) is 0 Å². The average molecular weight is 256 g/mol. The zero-order valence-electron chi connectivity index (χ0n) is 9.47. The molecule has 0 saturated carbocycles. The van der Waals surface area contributed by atoms with Crippen molar-refractivity contribution in [2.45, 2.75) is 23.4 Å². The van der Waals surface area contributed by atoms with Gasteiger partial charge in [-0.3, -0.25) is 5.14 Å². The van der Waals surface area contributed by atoms with Crippen LogP contribution in [-0.2, 0) is 0 Å². The molecular weight excluding hydrogens is 240 g/mol. The number of benzene rings is 1. The minimum Gasteiger partial charge on any atom is -0.494 e. The normalized spacial score (nSPS) is 18.7. The topological polar surface area (TPSA) is 38.5 Å². The molecule has 3 nitrogen and oxygen atoms in total. The van der Waals surface area contributed by atoms with Crippen LogP contribution in [0.15, 0.2) is 23.1 Å². The van der Waals surface area contributed by atoms with Gasteiger partial charge in [-0.15, -0.1) is 0 Å². The smallest absolute Gasteiger partial charge is 0.140 e. The molecule has 1 unspecified atom stereocenters. The van der Waals surface area contributed by atoms with Crippen LogP contribution in [0.1, 0.15) is 13.8 Å². The lowest BCUT2D eigenvalue weighted by atomic mass is 10.3. The lowest BCUT2D eigenvalue weighted by molar-refractivity contribution is 0.340. The summed E-state index contributed by atoms with van der Waals surface area (Å²) in [6, 6.07) is 6.24. The van der Waals surface area contributed by atoms with Crippen LogP contribution >= 0.6 is 23.7 Å². The third-order valence-electron chi connectivity index (χ3n) is 2.49. The van der Waals surface area contributed by atoms with Gasteiger partial charge in [0.2, 0.25) is 0 Å². The molecule has 0 radical (unpaired) electrons. The van der Waals surface area contributed by atoms with Crippen LogP contribution in [0.4, 0.5) is 5.69 Å². The zero-order chi connectivity index (χ0) is 11.5. The fraction of sp³-hybridized carbons (Fsp3) is 0.455. The molecule has 1 aromatic rings. The standard InChI is InChI=1S/C11H16N2OS2/c1-3-13-9-7-8(14-4-2)5-6-10(9)15-11(13)16-12/h5-7,11H,3-4,12H2,1-2H3. The second-order valence-electron chi connectivity index (χ2n) is 3.41. The predicted molar refractivity (Wildman–Crippen MR) is 72.1 cm³/mol. The molecule has 1 aromatic carbocycles. The van der Waals surface area contributed by atoms with Gasteiger partial charge in [-0.1, -0.05) is 11.8 Å². The van der Waals surface area contributed by atoms with Crippen molar-refractivity contribution in [1.29, 1.82) is 0 Å². The minimum absolute atomic E-state index is 0.289. The molecule has 1 aliphatic rings. The summed E-state index contributed by atoms with van der Waals surface area (Å²) in [7, 11) is 0. The van der Waals surface area contributed by atoms with Crippen molar-refractivity contribution in [1.82, 2.24) is 0 Å². The molecule has 2 N–H and O–H groups in total. The van der Waals surface area contributed by atoms with Crippen molar-refractivity contribution < 1.29 is 4.74 Å². The second kappa shape index (κ2) is 5.21. The number of ether oxygens (including phenoxy) is 1. The van der Waals surface area contributed by atoms with E-state index in [0.29, 0.717) is 6.61 Å². The molecule has 88 valence electrons. The highest BCUT2D eigenvalue weighted by molar-refractivity contribution is 8.16. The summed E-state index contributed by atoms with van der Waals surface area (Å²) in [6.07, 6.45) is 0. The summed E-state index contributed by atoms with van der Waals surface area (Å²) in [6.45, 7) is 5.81. The molecule has 0 saturated heterocycles. The van der Waals surface area contributed by atoms with Gasteiger partial charge in [0, 0.05) is 17.5 Å². The largest absolute Gasteiger partial charge is 0.494 e. The zero-order valence-corrected chi connectivity index (χ0v) is 11.1. The molecule has 16 heavy (non-hydrogen) atoms. The Labute approximate surface area is 105 Å². The number of nitrogens with two attached hydrogens (primary N) is 1. The monoisotopic (exact) mass is 256 g/mol. The Kier molecular flexibility index (Phi) is 3.89. The molecule has 0 spiro atoms. The van der Waals surface area contributed by atoms with Crippen LogP contribution < -0.4 is 14.8 Å². The average Bonchev–Trinajstić information content (AvgIpc) is 2.66. The molecule has 0 bridgehead atoms. The van der Waals surface area contributed by atoms with E-state index in [0.717, 1.165) is 12.3 Å². The van der Waals surface area contributed by atoms with Crippen LogP contribution in [0.2, 0.25) is 0 Å². The van der Waals surface area contributed by atoms with Gasteiger partial charge in [0.25, 0.3) is 0 Å². The maximum atomic E-state index is 5.70. The van der Waals surface area contributed by atoms with Crippen molar-refractivity contribution in [2.24, 2.45) is 5.14 Å². The first-order valence-corrected chi connectivity index (χ1v) is 7.18. The van der Waals surface area contributed by atoms with Crippen LogP contribution in [0.25, 0.3) is 0 Å². The first-order chi connectivity index (χ1) is 7.80. The summed E-state index contributed by atoms with van der Waals surface area (Å²) < 4.78 is 5.81. The third kappa shape index (κ3) is 2.12. The number of hydrogen-bond acceptors (Lipinski definition) is 5. The molecule has 2 rings (SSSR count). The third-order valence-corrected chi connectivity index (χ3v) is 4.65. The maximum absolute atomic E-state index is 5.70. The molecule has 1 aliphatic heterocycles. The van der Waals surface area contributed by atoms with Crippen molar-refractivity contribution in [3.8, 4) is 5.75 Å². The van der Waals surface area contributed by atoms with Crippen LogP contribution in [0, 0.1) is 0 Å². The Bertz CT molecular complexity index is 373. The highest BCUT2D eigenvalue weighted by Crippen LogP contribution is 2.47.